The Balaban J connectivity index is 1.76. The van der Waals surface area contributed by atoms with Gasteiger partial charge in [-0.1, -0.05) is 0 Å². The Bertz CT molecular complexity index is 1320. The van der Waals surface area contributed by atoms with Gasteiger partial charge < -0.3 is 20.4 Å². The predicted molar refractivity (Wildman–Crippen MR) is 123 cm³/mol. The van der Waals surface area contributed by atoms with Crippen molar-refractivity contribution in [3.8, 4) is 0 Å². The number of ether oxygens (including phenoxy) is 1. The Morgan fingerprint density at radius 2 is 2.03 bits per heavy atom. The molecule has 0 unspecified atom stereocenters. The lowest BCUT2D eigenvalue weighted by Gasteiger charge is -2.31. The maximum absolute atomic E-state index is 13.3. The number of halogens is 1. The molecule has 0 saturated heterocycles. The highest BCUT2D eigenvalue weighted by Crippen LogP contribution is 2.33. The Morgan fingerprint density at radius 3 is 2.65 bits per heavy atom. The summed E-state index contributed by atoms with van der Waals surface area (Å²) in [5.41, 5.74) is 4.72. The molecule has 3 N–H and O–H groups in total. The molecule has 11 nitrogen and oxygen atoms in total. The van der Waals surface area contributed by atoms with Gasteiger partial charge in [0.25, 0.3) is 11.5 Å². The molecular weight excluding hydrogens is 445 g/mol. The number of nitrogens with two attached hydrogens (primary N) is 1. The van der Waals surface area contributed by atoms with E-state index in [1.54, 1.807) is 39.1 Å². The van der Waals surface area contributed by atoms with Crippen LogP contribution < -0.4 is 21.5 Å². The number of rotatable bonds is 5. The maximum atomic E-state index is 13.3. The number of carbonyl (C=O) groups excluding carboxylic acids is 2. The minimum absolute atomic E-state index is 0.0383. The molecule has 2 amide bonds. The van der Waals surface area contributed by atoms with Gasteiger partial charge in [-0.3, -0.25) is 14.5 Å². The number of hydrogen-bond acceptors (Lipinski definition) is 7. The van der Waals surface area contributed by atoms with Crippen LogP contribution in [0.15, 0.2) is 35.4 Å². The predicted octanol–water partition coefficient (Wildman–Crippen LogP) is 2.78. The van der Waals surface area contributed by atoms with E-state index >= 15 is 0 Å². The second-order valence-electron chi connectivity index (χ2n) is 9.18. The second kappa shape index (κ2) is 8.43. The van der Waals surface area contributed by atoms with Gasteiger partial charge in [0.15, 0.2) is 5.65 Å². The maximum Gasteiger partial charge on any atom is 0.415 e. The lowest BCUT2D eigenvalue weighted by Crippen LogP contribution is -2.35. The van der Waals surface area contributed by atoms with E-state index in [-0.39, 0.29) is 53.0 Å². The van der Waals surface area contributed by atoms with Crippen LogP contribution in [0.4, 0.5) is 26.5 Å². The number of nitrogens with zero attached hydrogens (tertiary/aromatic N) is 5. The fraction of sp³-hybridized carbons (Fsp3) is 0.409. The molecule has 1 aliphatic carbocycles. The van der Waals surface area contributed by atoms with Gasteiger partial charge in [-0.15, -0.1) is 0 Å². The van der Waals surface area contributed by atoms with Crippen molar-refractivity contribution in [2.45, 2.75) is 51.4 Å². The van der Waals surface area contributed by atoms with Crippen molar-refractivity contribution in [3.63, 3.8) is 0 Å². The van der Waals surface area contributed by atoms with E-state index in [4.69, 9.17) is 10.5 Å². The Labute approximate surface area is 194 Å². The van der Waals surface area contributed by atoms with E-state index in [1.165, 1.54) is 33.3 Å². The third kappa shape index (κ3) is 4.43. The molecule has 1 fully saturated rings. The van der Waals surface area contributed by atoms with Crippen molar-refractivity contribution < 1.29 is 18.7 Å². The molecule has 0 radical (unpaired) electrons. The van der Waals surface area contributed by atoms with Crippen LogP contribution in [0, 0.1) is 0 Å². The molecule has 180 valence electrons. The number of aromatic nitrogens is 4. The van der Waals surface area contributed by atoms with Gasteiger partial charge in [-0.05, 0) is 45.7 Å². The van der Waals surface area contributed by atoms with Crippen molar-refractivity contribution in [1.29, 1.82) is 0 Å². The molecule has 34 heavy (non-hydrogen) atoms. The van der Waals surface area contributed by atoms with Crippen LogP contribution in [-0.4, -0.2) is 50.0 Å². The minimum atomic E-state index is -0.905. The fourth-order valence-corrected chi connectivity index (χ4v) is 3.63. The van der Waals surface area contributed by atoms with E-state index in [1.807, 2.05) is 0 Å². The normalized spacial score (nSPS) is 17.8. The fourth-order valence-electron chi connectivity index (χ4n) is 3.63. The number of primary amides is 1. The van der Waals surface area contributed by atoms with Crippen molar-refractivity contribution in [2.24, 2.45) is 5.73 Å². The van der Waals surface area contributed by atoms with E-state index in [2.05, 4.69) is 15.4 Å². The number of anilines is 3. The van der Waals surface area contributed by atoms with Gasteiger partial charge >= 0.3 is 6.09 Å². The highest BCUT2D eigenvalue weighted by molar-refractivity contribution is 5.99. The van der Waals surface area contributed by atoms with Crippen LogP contribution >= 0.6 is 0 Å². The topological polar surface area (TPSA) is 137 Å². The number of fused-ring (bicyclic) bond motifs is 1. The molecule has 3 aromatic rings. The average molecular weight is 471 g/mol. The van der Waals surface area contributed by atoms with Crippen LogP contribution in [0.25, 0.3) is 5.65 Å². The molecule has 1 saturated carbocycles. The number of carbonyl (C=O) groups is 2. The van der Waals surface area contributed by atoms with Crippen LogP contribution in [0.3, 0.4) is 0 Å². The third-order valence-corrected chi connectivity index (χ3v) is 5.42. The zero-order valence-corrected chi connectivity index (χ0v) is 19.3. The quantitative estimate of drug-likeness (QED) is 0.584. The molecular formula is C22H26FN7O4. The molecule has 4 rings (SSSR count). The van der Waals surface area contributed by atoms with Gasteiger partial charge in [0, 0.05) is 25.4 Å². The summed E-state index contributed by atoms with van der Waals surface area (Å²) in [6, 6.07) is 4.53. The van der Waals surface area contributed by atoms with Gasteiger partial charge in [0.1, 0.15) is 34.7 Å². The number of hydrogen-bond donors (Lipinski definition) is 2. The highest BCUT2D eigenvalue weighted by Gasteiger charge is 2.31. The number of nitrogens with one attached hydrogen (secondary N) is 1. The van der Waals surface area contributed by atoms with Crippen LogP contribution in [0.1, 0.15) is 50.0 Å². The molecule has 0 atom stereocenters. The smallest absolute Gasteiger partial charge is 0.415 e. The average Bonchev–Trinajstić information content (AvgIpc) is 3.15. The Morgan fingerprint density at radius 1 is 1.32 bits per heavy atom. The van der Waals surface area contributed by atoms with Crippen molar-refractivity contribution in [1.82, 2.24) is 19.2 Å². The van der Waals surface area contributed by atoms with Crippen LogP contribution in [-0.2, 0) is 4.74 Å². The van der Waals surface area contributed by atoms with E-state index in [0.717, 1.165) is 0 Å². The van der Waals surface area contributed by atoms with Gasteiger partial charge in [-0.25, -0.2) is 14.2 Å². The summed E-state index contributed by atoms with van der Waals surface area (Å²) in [6.07, 6.45) is 1.88. The molecule has 3 heterocycles. The third-order valence-electron chi connectivity index (χ3n) is 5.42. The van der Waals surface area contributed by atoms with E-state index in [9.17, 15) is 18.8 Å². The molecule has 12 heteroatoms. The van der Waals surface area contributed by atoms with Crippen molar-refractivity contribution >= 4 is 35.0 Å². The van der Waals surface area contributed by atoms with Gasteiger partial charge in [-0.2, -0.15) is 9.61 Å². The van der Waals surface area contributed by atoms with Crippen molar-refractivity contribution in [2.75, 3.05) is 17.3 Å². The van der Waals surface area contributed by atoms with Crippen LogP contribution in [0.2, 0.25) is 0 Å². The molecule has 0 aliphatic heterocycles. The number of amides is 2. The first-order chi connectivity index (χ1) is 15.9. The highest BCUT2D eigenvalue weighted by atomic mass is 19.1. The summed E-state index contributed by atoms with van der Waals surface area (Å²) in [5, 5.41) is 7.09. The number of alkyl halides is 1. The standard InChI is InChI=1S/C22H26FN7O4/c1-22(2,3)34-21(33)28(4)17-10-16(27-19-14(18(24)31)11-25-30(17)19)26-15-6-5-7-29(20(15)32)13-8-12(23)9-13/h5-7,10-13H,8-9H2,1-4H3,(H2,24,31)(H,26,27)/t12-,13-. The minimum Gasteiger partial charge on any atom is -0.443 e. The Kier molecular flexibility index (Phi) is 5.75. The molecule has 0 bridgehead atoms. The van der Waals surface area contributed by atoms with Gasteiger partial charge in [0.05, 0.1) is 6.20 Å². The van der Waals surface area contributed by atoms with Crippen LogP contribution in [0.5, 0.6) is 0 Å². The van der Waals surface area contributed by atoms with E-state index < -0.39 is 23.8 Å². The van der Waals surface area contributed by atoms with E-state index in [0.29, 0.717) is 0 Å². The molecule has 3 aromatic heterocycles. The summed E-state index contributed by atoms with van der Waals surface area (Å²) < 4.78 is 21.5. The SMILES string of the molecule is CN(C(=O)OC(C)(C)C)c1cc(Nc2cccn([C@H]3C[C@H](F)C3)c2=O)nc2c(C(N)=O)cnn12. The zero-order chi connectivity index (χ0) is 24.8. The molecule has 1 aliphatic rings. The lowest BCUT2D eigenvalue weighted by atomic mass is 9.90. The monoisotopic (exact) mass is 471 g/mol. The van der Waals surface area contributed by atoms with Crippen molar-refractivity contribution in [3.05, 3.63) is 46.5 Å². The summed E-state index contributed by atoms with van der Waals surface area (Å²) in [7, 11) is 1.48. The summed E-state index contributed by atoms with van der Waals surface area (Å²) in [6.45, 7) is 5.21. The second-order valence-corrected chi connectivity index (χ2v) is 9.18. The lowest BCUT2D eigenvalue weighted by molar-refractivity contribution is 0.0587. The Hall–Kier alpha value is -3.96. The summed E-state index contributed by atoms with van der Waals surface area (Å²) in [5.74, 6) is -0.351. The number of pyridine rings is 1. The largest absolute Gasteiger partial charge is 0.443 e. The zero-order valence-electron chi connectivity index (χ0n) is 19.3. The first-order valence-electron chi connectivity index (χ1n) is 10.7. The first kappa shape index (κ1) is 23.2. The molecule has 0 aromatic carbocycles. The summed E-state index contributed by atoms with van der Waals surface area (Å²) in [4.78, 5) is 43.2. The van der Waals surface area contributed by atoms with Gasteiger partial charge in [0.2, 0.25) is 0 Å². The first-order valence-corrected chi connectivity index (χ1v) is 10.7. The molecule has 0 spiro atoms. The summed E-state index contributed by atoms with van der Waals surface area (Å²) >= 11 is 0.